The minimum Gasteiger partial charge on any atom is -0.497 e. The standard InChI is InChI=1S/C24H27N3O6S/c1-15(28)27-14-34-13-21(27)23(30)26-20(24(31)32)11-17-4-3-5-18(10-17)25-22(29)12-16-6-8-19(33-2)9-7-16/h3-10,20-21H,11-14H2,1-2H3,(H,25,29)(H,26,30)(H,31,32). The molecule has 0 spiro atoms. The van der Waals surface area contributed by atoms with Crippen LogP contribution >= 0.6 is 11.8 Å². The molecule has 34 heavy (non-hydrogen) atoms. The largest absolute Gasteiger partial charge is 0.497 e. The van der Waals surface area contributed by atoms with Gasteiger partial charge in [0.15, 0.2) is 0 Å². The monoisotopic (exact) mass is 485 g/mol. The van der Waals surface area contributed by atoms with E-state index in [-0.39, 0.29) is 24.7 Å². The zero-order chi connectivity index (χ0) is 24.7. The van der Waals surface area contributed by atoms with Crippen LogP contribution in [0.1, 0.15) is 18.1 Å². The van der Waals surface area contributed by atoms with Crippen molar-refractivity contribution in [3.8, 4) is 5.75 Å². The van der Waals surface area contributed by atoms with Crippen molar-refractivity contribution in [3.05, 3.63) is 59.7 Å². The van der Waals surface area contributed by atoms with Gasteiger partial charge in [0.2, 0.25) is 17.7 Å². The van der Waals surface area contributed by atoms with Gasteiger partial charge in [0.25, 0.3) is 0 Å². The number of carbonyl (C=O) groups is 4. The third-order valence-electron chi connectivity index (χ3n) is 5.38. The first-order valence-electron chi connectivity index (χ1n) is 10.7. The average molecular weight is 486 g/mol. The van der Waals surface area contributed by atoms with Crippen molar-refractivity contribution in [2.45, 2.75) is 31.8 Å². The van der Waals surface area contributed by atoms with Crippen LogP contribution < -0.4 is 15.4 Å². The van der Waals surface area contributed by atoms with Crippen molar-refractivity contribution in [1.29, 1.82) is 0 Å². The van der Waals surface area contributed by atoms with E-state index in [0.717, 1.165) is 5.56 Å². The topological polar surface area (TPSA) is 125 Å². The molecule has 3 amide bonds. The first-order chi connectivity index (χ1) is 16.3. The smallest absolute Gasteiger partial charge is 0.326 e. The van der Waals surface area contributed by atoms with Crippen molar-refractivity contribution < 1.29 is 29.0 Å². The second-order valence-corrected chi connectivity index (χ2v) is 8.88. The summed E-state index contributed by atoms with van der Waals surface area (Å²) in [5.74, 6) is -0.572. The Balaban J connectivity index is 1.61. The van der Waals surface area contributed by atoms with Gasteiger partial charge < -0.3 is 25.4 Å². The van der Waals surface area contributed by atoms with E-state index in [4.69, 9.17) is 4.74 Å². The number of methoxy groups -OCH3 is 1. The summed E-state index contributed by atoms with van der Waals surface area (Å²) < 4.78 is 5.11. The molecule has 2 atom stereocenters. The van der Waals surface area contributed by atoms with Crippen LogP contribution in [0.4, 0.5) is 5.69 Å². The number of thioether (sulfide) groups is 1. The molecule has 0 aromatic heterocycles. The lowest BCUT2D eigenvalue weighted by Gasteiger charge is -2.23. The Morgan fingerprint density at radius 2 is 1.88 bits per heavy atom. The van der Waals surface area contributed by atoms with Gasteiger partial charge in [-0.25, -0.2) is 4.79 Å². The Hall–Kier alpha value is -3.53. The first kappa shape index (κ1) is 25.1. The Morgan fingerprint density at radius 3 is 2.53 bits per heavy atom. The molecule has 1 saturated heterocycles. The number of carbonyl (C=O) groups excluding carboxylic acids is 3. The fourth-order valence-corrected chi connectivity index (χ4v) is 4.80. The highest BCUT2D eigenvalue weighted by atomic mass is 32.2. The molecule has 0 saturated carbocycles. The Bertz CT molecular complexity index is 1060. The number of rotatable bonds is 9. The highest BCUT2D eigenvalue weighted by Crippen LogP contribution is 2.21. The van der Waals surface area contributed by atoms with Gasteiger partial charge in [-0.05, 0) is 35.4 Å². The van der Waals surface area contributed by atoms with Crippen LogP contribution in [0.25, 0.3) is 0 Å². The van der Waals surface area contributed by atoms with E-state index in [1.54, 1.807) is 43.5 Å². The quantitative estimate of drug-likeness (QED) is 0.495. The summed E-state index contributed by atoms with van der Waals surface area (Å²) in [6.07, 6.45) is 0.206. The zero-order valence-electron chi connectivity index (χ0n) is 18.9. The SMILES string of the molecule is COc1ccc(CC(=O)Nc2cccc(CC(NC(=O)C3CSCN3C(C)=O)C(=O)O)c2)cc1. The van der Waals surface area contributed by atoms with E-state index in [2.05, 4.69) is 10.6 Å². The van der Waals surface area contributed by atoms with E-state index in [0.29, 0.717) is 28.6 Å². The van der Waals surface area contributed by atoms with Crippen LogP contribution in [-0.2, 0) is 32.0 Å². The summed E-state index contributed by atoms with van der Waals surface area (Å²) in [7, 11) is 1.57. The number of benzene rings is 2. The summed E-state index contributed by atoms with van der Waals surface area (Å²) in [6, 6.07) is 12.2. The molecule has 2 unspecified atom stereocenters. The van der Waals surface area contributed by atoms with E-state index < -0.39 is 24.0 Å². The molecule has 0 radical (unpaired) electrons. The molecule has 1 heterocycles. The fourth-order valence-electron chi connectivity index (χ4n) is 3.58. The lowest BCUT2D eigenvalue weighted by molar-refractivity contribution is -0.143. The van der Waals surface area contributed by atoms with Crippen molar-refractivity contribution in [2.24, 2.45) is 0 Å². The summed E-state index contributed by atoms with van der Waals surface area (Å²) in [5, 5.41) is 15.0. The summed E-state index contributed by atoms with van der Waals surface area (Å²) >= 11 is 1.45. The maximum atomic E-state index is 12.6. The van der Waals surface area contributed by atoms with Crippen molar-refractivity contribution in [3.63, 3.8) is 0 Å². The summed E-state index contributed by atoms with van der Waals surface area (Å²) in [5.41, 5.74) is 1.99. The average Bonchev–Trinajstić information content (AvgIpc) is 3.30. The fraction of sp³-hybridized carbons (Fsp3) is 0.333. The van der Waals surface area contributed by atoms with Crippen LogP contribution in [0.5, 0.6) is 5.75 Å². The number of nitrogens with zero attached hydrogens (tertiary/aromatic N) is 1. The molecule has 3 rings (SSSR count). The minimum absolute atomic E-state index is 0.0310. The molecule has 1 aliphatic heterocycles. The maximum Gasteiger partial charge on any atom is 0.326 e. The second kappa shape index (κ2) is 11.6. The molecule has 180 valence electrons. The van der Waals surface area contributed by atoms with Gasteiger partial charge in [-0.2, -0.15) is 0 Å². The zero-order valence-corrected chi connectivity index (χ0v) is 19.8. The molecular formula is C24H27N3O6S. The van der Waals surface area contributed by atoms with Crippen LogP contribution in [-0.4, -0.2) is 64.5 Å². The second-order valence-electron chi connectivity index (χ2n) is 7.88. The molecule has 10 heteroatoms. The number of hydrogen-bond acceptors (Lipinski definition) is 6. The minimum atomic E-state index is -1.18. The lowest BCUT2D eigenvalue weighted by Crippen LogP contribution is -2.52. The van der Waals surface area contributed by atoms with E-state index in [1.165, 1.54) is 23.6 Å². The number of anilines is 1. The highest BCUT2D eigenvalue weighted by Gasteiger charge is 2.35. The molecule has 1 fully saturated rings. The van der Waals surface area contributed by atoms with Crippen LogP contribution in [0.15, 0.2) is 48.5 Å². The number of amides is 3. The lowest BCUT2D eigenvalue weighted by atomic mass is 10.0. The van der Waals surface area contributed by atoms with Crippen molar-refractivity contribution in [1.82, 2.24) is 10.2 Å². The molecule has 1 aliphatic rings. The number of ether oxygens (including phenoxy) is 1. The predicted molar refractivity (Wildman–Crippen MR) is 129 cm³/mol. The number of carboxylic acids is 1. The van der Waals surface area contributed by atoms with E-state index in [9.17, 15) is 24.3 Å². The van der Waals surface area contributed by atoms with Gasteiger partial charge >= 0.3 is 5.97 Å². The van der Waals surface area contributed by atoms with Crippen LogP contribution in [0.2, 0.25) is 0 Å². The van der Waals surface area contributed by atoms with Crippen LogP contribution in [0.3, 0.4) is 0 Å². The normalized spacial score (nSPS) is 15.9. The van der Waals surface area contributed by atoms with E-state index in [1.807, 2.05) is 12.1 Å². The highest BCUT2D eigenvalue weighted by molar-refractivity contribution is 7.99. The first-order valence-corrected chi connectivity index (χ1v) is 11.8. The van der Waals surface area contributed by atoms with Gasteiger partial charge in [-0.1, -0.05) is 24.3 Å². The van der Waals surface area contributed by atoms with Crippen LogP contribution in [0, 0.1) is 0 Å². The van der Waals surface area contributed by atoms with Gasteiger partial charge in [0, 0.05) is 24.8 Å². The molecule has 3 N–H and O–H groups in total. The predicted octanol–water partition coefficient (Wildman–Crippen LogP) is 1.91. The van der Waals surface area contributed by atoms with Crippen molar-refractivity contribution in [2.75, 3.05) is 24.1 Å². The van der Waals surface area contributed by atoms with Gasteiger partial charge in [0.1, 0.15) is 17.8 Å². The third-order valence-corrected chi connectivity index (χ3v) is 6.39. The molecule has 2 aromatic rings. The molecule has 9 nitrogen and oxygen atoms in total. The van der Waals surface area contributed by atoms with Gasteiger partial charge in [0.05, 0.1) is 19.4 Å². The number of nitrogens with one attached hydrogen (secondary N) is 2. The number of carboxylic acid groups (broad SMARTS) is 1. The Kier molecular flexibility index (Phi) is 8.53. The third kappa shape index (κ3) is 6.74. The Morgan fingerprint density at radius 1 is 1.15 bits per heavy atom. The molecular weight excluding hydrogens is 458 g/mol. The molecule has 0 aliphatic carbocycles. The van der Waals surface area contributed by atoms with Gasteiger partial charge in [-0.3, -0.25) is 14.4 Å². The summed E-state index contributed by atoms with van der Waals surface area (Å²) in [6.45, 7) is 1.38. The maximum absolute atomic E-state index is 12.6. The number of hydrogen-bond donors (Lipinski definition) is 3. The summed E-state index contributed by atoms with van der Waals surface area (Å²) in [4.78, 5) is 50.0. The number of aliphatic carboxylic acids is 1. The van der Waals surface area contributed by atoms with Gasteiger partial charge in [-0.15, -0.1) is 11.8 Å². The molecule has 2 aromatic carbocycles. The molecule has 0 bridgehead atoms. The van der Waals surface area contributed by atoms with Crippen molar-refractivity contribution >= 4 is 41.1 Å². The van der Waals surface area contributed by atoms with E-state index >= 15 is 0 Å². The Labute approximate surface area is 201 Å².